The fourth-order valence-electron chi connectivity index (χ4n) is 3.43. The lowest BCUT2D eigenvalue weighted by Gasteiger charge is -2.19. The molecule has 2 aromatic carbocycles. The molecule has 32 heavy (non-hydrogen) atoms. The van der Waals surface area contributed by atoms with Gasteiger partial charge >= 0.3 is 0 Å². The number of rotatable bonds is 7. The van der Waals surface area contributed by atoms with Crippen LogP contribution in [0, 0.1) is 0 Å². The van der Waals surface area contributed by atoms with E-state index in [1.54, 1.807) is 52.8 Å². The van der Waals surface area contributed by atoms with Crippen LogP contribution in [-0.4, -0.2) is 47.5 Å². The zero-order valence-corrected chi connectivity index (χ0v) is 19.6. The Morgan fingerprint density at radius 1 is 0.969 bits per heavy atom. The molecule has 7 nitrogen and oxygen atoms in total. The number of carbonyl (C=O) groups is 1. The van der Waals surface area contributed by atoms with Crippen molar-refractivity contribution < 1.29 is 17.6 Å². The van der Waals surface area contributed by atoms with Crippen LogP contribution in [0.4, 0.5) is 0 Å². The molecule has 0 radical (unpaired) electrons. The van der Waals surface area contributed by atoms with Gasteiger partial charge in [-0.25, -0.2) is 8.42 Å². The number of nitrogens with zero attached hydrogens (tertiary/aromatic N) is 3. The third kappa shape index (κ3) is 5.40. The number of thioether (sulfide) groups is 1. The van der Waals surface area contributed by atoms with Crippen LogP contribution >= 0.6 is 23.4 Å². The number of hydrogen-bond acceptors (Lipinski definition) is 7. The molecule has 1 aromatic heterocycles. The summed E-state index contributed by atoms with van der Waals surface area (Å²) in [6.07, 6.45) is 3.90. The van der Waals surface area contributed by atoms with E-state index < -0.39 is 10.0 Å². The smallest absolute Gasteiger partial charge is 0.277 e. The highest BCUT2D eigenvalue weighted by atomic mass is 35.5. The van der Waals surface area contributed by atoms with E-state index in [-0.39, 0.29) is 27.5 Å². The third-order valence-corrected chi connectivity index (χ3v) is 8.19. The highest BCUT2D eigenvalue weighted by Crippen LogP contribution is 2.26. The minimum absolute atomic E-state index is 0.0745. The molecular weight excluding hydrogens is 470 g/mol. The molecule has 0 unspecified atom stereocenters. The van der Waals surface area contributed by atoms with Crippen molar-refractivity contribution in [3.05, 3.63) is 59.1 Å². The molecule has 0 atom stereocenters. The van der Waals surface area contributed by atoms with Crippen molar-refractivity contribution in [3.63, 3.8) is 0 Å². The summed E-state index contributed by atoms with van der Waals surface area (Å²) < 4.78 is 33.0. The lowest BCUT2D eigenvalue weighted by molar-refractivity contribution is 0.102. The molecule has 0 bridgehead atoms. The first-order valence-corrected chi connectivity index (χ1v) is 13.1. The Bertz CT molecular complexity index is 1170. The summed E-state index contributed by atoms with van der Waals surface area (Å²) in [6, 6.07) is 13.1. The zero-order valence-electron chi connectivity index (χ0n) is 17.2. The number of carbonyl (C=O) groups excluding carboxylic acids is 1. The minimum Gasteiger partial charge on any atom is -0.411 e. The second-order valence-electron chi connectivity index (χ2n) is 7.43. The standard InChI is InChI=1S/C22H22ClN3O4S2/c23-18-9-5-16(6-10-18)20(27)15-31-22-25-24-21(30-22)17-7-11-19(12-8-17)32(28,29)26-13-3-1-2-4-14-26/h5-12H,1-4,13-15H2. The summed E-state index contributed by atoms with van der Waals surface area (Å²) in [5, 5.41) is 8.83. The fourth-order valence-corrected chi connectivity index (χ4v) is 5.73. The molecule has 10 heteroatoms. The number of sulfonamides is 1. The Hall–Kier alpha value is -2.20. The van der Waals surface area contributed by atoms with Crippen LogP contribution in [0.1, 0.15) is 36.0 Å². The van der Waals surface area contributed by atoms with Crippen LogP contribution in [0.2, 0.25) is 5.02 Å². The Kier molecular flexibility index (Phi) is 7.30. The van der Waals surface area contributed by atoms with Gasteiger partial charge in [0.2, 0.25) is 15.9 Å². The quantitative estimate of drug-likeness (QED) is 0.341. The maximum Gasteiger partial charge on any atom is 0.277 e. The number of benzene rings is 2. The topological polar surface area (TPSA) is 93.4 Å². The molecule has 168 valence electrons. The van der Waals surface area contributed by atoms with Crippen molar-refractivity contribution in [1.29, 1.82) is 0 Å². The molecule has 1 fully saturated rings. The molecule has 1 aliphatic heterocycles. The van der Waals surface area contributed by atoms with Crippen LogP contribution in [0.5, 0.6) is 0 Å². The first kappa shape index (κ1) is 23.0. The van der Waals surface area contributed by atoms with Gasteiger partial charge in [-0.05, 0) is 61.4 Å². The second-order valence-corrected chi connectivity index (χ2v) is 10.7. The lowest BCUT2D eigenvalue weighted by Crippen LogP contribution is -2.31. The van der Waals surface area contributed by atoms with Crippen LogP contribution in [-0.2, 0) is 10.0 Å². The van der Waals surface area contributed by atoms with Crippen molar-refractivity contribution in [2.75, 3.05) is 18.8 Å². The van der Waals surface area contributed by atoms with E-state index in [4.69, 9.17) is 16.0 Å². The normalized spacial score (nSPS) is 15.4. The van der Waals surface area contributed by atoms with Gasteiger partial charge in [0.25, 0.3) is 5.22 Å². The van der Waals surface area contributed by atoms with Gasteiger partial charge in [0.05, 0.1) is 10.6 Å². The van der Waals surface area contributed by atoms with E-state index in [9.17, 15) is 13.2 Å². The molecule has 2 heterocycles. The first-order chi connectivity index (χ1) is 15.4. The fraction of sp³-hybridized carbons (Fsp3) is 0.318. The zero-order chi connectivity index (χ0) is 22.6. The van der Waals surface area contributed by atoms with Crippen LogP contribution in [0.3, 0.4) is 0 Å². The highest BCUT2D eigenvalue weighted by Gasteiger charge is 2.25. The van der Waals surface area contributed by atoms with E-state index in [1.165, 1.54) is 0 Å². The number of halogens is 1. The lowest BCUT2D eigenvalue weighted by atomic mass is 10.1. The summed E-state index contributed by atoms with van der Waals surface area (Å²) in [6.45, 7) is 1.12. The highest BCUT2D eigenvalue weighted by molar-refractivity contribution is 7.99. The van der Waals surface area contributed by atoms with Crippen LogP contribution < -0.4 is 0 Å². The Morgan fingerprint density at radius 3 is 2.28 bits per heavy atom. The summed E-state index contributed by atoms with van der Waals surface area (Å²) in [5.74, 6) is 0.343. The monoisotopic (exact) mass is 491 g/mol. The number of aromatic nitrogens is 2. The SMILES string of the molecule is O=C(CSc1nnc(-c2ccc(S(=O)(=O)N3CCCCCC3)cc2)o1)c1ccc(Cl)cc1. The Labute approximate surface area is 196 Å². The maximum atomic E-state index is 12.9. The first-order valence-electron chi connectivity index (χ1n) is 10.3. The van der Waals surface area contributed by atoms with E-state index >= 15 is 0 Å². The van der Waals surface area contributed by atoms with Crippen molar-refractivity contribution >= 4 is 39.2 Å². The van der Waals surface area contributed by atoms with Gasteiger partial charge in [0.15, 0.2) is 5.78 Å². The number of hydrogen-bond donors (Lipinski definition) is 0. The van der Waals surface area contributed by atoms with Gasteiger partial charge in [-0.3, -0.25) is 4.79 Å². The van der Waals surface area contributed by atoms with Crippen LogP contribution in [0.15, 0.2) is 63.1 Å². The average Bonchev–Trinajstić information content (AvgIpc) is 3.10. The predicted molar refractivity (Wildman–Crippen MR) is 123 cm³/mol. The van der Waals surface area contributed by atoms with E-state index in [2.05, 4.69) is 10.2 Å². The van der Waals surface area contributed by atoms with Gasteiger partial charge in [0.1, 0.15) is 0 Å². The molecule has 3 aromatic rings. The van der Waals surface area contributed by atoms with Crippen molar-refractivity contribution in [1.82, 2.24) is 14.5 Å². The third-order valence-electron chi connectivity index (χ3n) is 5.20. The van der Waals surface area contributed by atoms with Gasteiger partial charge in [0, 0.05) is 29.2 Å². The maximum absolute atomic E-state index is 12.9. The van der Waals surface area contributed by atoms with E-state index in [0.717, 1.165) is 37.4 Å². The van der Waals surface area contributed by atoms with Gasteiger partial charge in [-0.2, -0.15) is 4.31 Å². The molecule has 0 saturated carbocycles. The summed E-state index contributed by atoms with van der Waals surface area (Å²) in [7, 11) is -3.51. The van der Waals surface area contributed by atoms with E-state index in [1.807, 2.05) is 0 Å². The van der Waals surface area contributed by atoms with Crippen molar-refractivity contribution in [3.8, 4) is 11.5 Å². The van der Waals surface area contributed by atoms with Gasteiger partial charge < -0.3 is 4.42 Å². The molecule has 4 rings (SSSR count). The molecule has 0 spiro atoms. The summed E-state index contributed by atoms with van der Waals surface area (Å²) in [4.78, 5) is 12.5. The minimum atomic E-state index is -3.51. The summed E-state index contributed by atoms with van der Waals surface area (Å²) >= 11 is 6.99. The molecule has 0 amide bonds. The van der Waals surface area contributed by atoms with Gasteiger partial charge in [-0.1, -0.05) is 36.2 Å². The molecule has 0 aliphatic carbocycles. The van der Waals surface area contributed by atoms with Crippen molar-refractivity contribution in [2.24, 2.45) is 0 Å². The molecule has 0 N–H and O–H groups in total. The molecule has 1 saturated heterocycles. The number of ketones is 1. The average molecular weight is 492 g/mol. The van der Waals surface area contributed by atoms with Crippen molar-refractivity contribution in [2.45, 2.75) is 35.8 Å². The van der Waals surface area contributed by atoms with Gasteiger partial charge in [-0.15, -0.1) is 10.2 Å². The Balaban J connectivity index is 1.40. The number of Topliss-reactive ketones (excluding diaryl/α,β-unsaturated/α-hetero) is 1. The Morgan fingerprint density at radius 2 is 1.62 bits per heavy atom. The predicted octanol–water partition coefficient (Wildman–Crippen LogP) is 4.93. The van der Waals surface area contributed by atoms with Crippen LogP contribution in [0.25, 0.3) is 11.5 Å². The largest absolute Gasteiger partial charge is 0.411 e. The molecular formula is C22H22ClN3O4S2. The molecule has 1 aliphatic rings. The van der Waals surface area contributed by atoms with E-state index in [0.29, 0.717) is 29.2 Å². The summed E-state index contributed by atoms with van der Waals surface area (Å²) in [5.41, 5.74) is 1.17. The second kappa shape index (κ2) is 10.2.